The number of aromatic carboxylic acids is 1. The van der Waals surface area contributed by atoms with Crippen molar-refractivity contribution in [3.05, 3.63) is 62.3 Å². The number of rotatable bonds is 4. The van der Waals surface area contributed by atoms with Gasteiger partial charge in [-0.15, -0.1) is 0 Å². The molecular formula is C14H9Br2FO3. The molecule has 6 heteroatoms. The van der Waals surface area contributed by atoms with E-state index >= 15 is 0 Å². The van der Waals surface area contributed by atoms with Crippen LogP contribution >= 0.6 is 31.9 Å². The number of benzene rings is 2. The zero-order valence-electron chi connectivity index (χ0n) is 10.1. The van der Waals surface area contributed by atoms with E-state index in [1.54, 1.807) is 18.2 Å². The largest absolute Gasteiger partial charge is 0.488 e. The van der Waals surface area contributed by atoms with E-state index in [-0.39, 0.29) is 18.0 Å². The Labute approximate surface area is 131 Å². The Morgan fingerprint density at radius 1 is 1.15 bits per heavy atom. The Balaban J connectivity index is 2.10. The molecule has 20 heavy (non-hydrogen) atoms. The number of hydrogen-bond donors (Lipinski definition) is 1. The predicted octanol–water partition coefficient (Wildman–Crippen LogP) is 4.63. The van der Waals surface area contributed by atoms with Crippen molar-refractivity contribution in [3.8, 4) is 5.75 Å². The molecule has 0 aliphatic carbocycles. The first-order valence-electron chi connectivity index (χ1n) is 5.57. The number of carboxylic acids is 1. The minimum absolute atomic E-state index is 0.175. The Kier molecular flexibility index (Phi) is 4.77. The molecule has 2 aromatic rings. The lowest BCUT2D eigenvalue weighted by Crippen LogP contribution is -1.99. The third-order valence-corrected chi connectivity index (χ3v) is 3.78. The second-order valence-corrected chi connectivity index (χ2v) is 5.70. The maximum Gasteiger partial charge on any atom is 0.335 e. The number of halogens is 3. The molecule has 0 atom stereocenters. The molecule has 0 unspecified atom stereocenters. The van der Waals surface area contributed by atoms with Gasteiger partial charge in [0.15, 0.2) is 0 Å². The van der Waals surface area contributed by atoms with Gasteiger partial charge in [0, 0.05) is 0 Å². The Hall–Kier alpha value is -1.40. The van der Waals surface area contributed by atoms with E-state index in [0.717, 1.165) is 5.56 Å². The van der Waals surface area contributed by atoms with Crippen LogP contribution in [0.2, 0.25) is 0 Å². The Bertz CT molecular complexity index is 659. The molecule has 1 N–H and O–H groups in total. The van der Waals surface area contributed by atoms with Crippen LogP contribution in [0.3, 0.4) is 0 Å². The third kappa shape index (κ3) is 3.58. The fourth-order valence-corrected chi connectivity index (χ4v) is 2.46. The summed E-state index contributed by atoms with van der Waals surface area (Å²) in [4.78, 5) is 10.8. The molecule has 0 bridgehead atoms. The average molecular weight is 404 g/mol. The highest BCUT2D eigenvalue weighted by atomic mass is 79.9. The summed E-state index contributed by atoms with van der Waals surface area (Å²) < 4.78 is 19.6. The molecule has 2 aromatic carbocycles. The summed E-state index contributed by atoms with van der Waals surface area (Å²) in [6, 6.07) is 9.12. The molecule has 0 saturated carbocycles. The third-order valence-electron chi connectivity index (χ3n) is 2.56. The van der Waals surface area contributed by atoms with Crippen LogP contribution in [-0.4, -0.2) is 11.1 Å². The molecule has 0 spiro atoms. The molecule has 0 radical (unpaired) electrons. The van der Waals surface area contributed by atoms with E-state index in [9.17, 15) is 9.18 Å². The Morgan fingerprint density at radius 3 is 2.50 bits per heavy atom. The molecule has 2 rings (SSSR count). The lowest BCUT2D eigenvalue weighted by molar-refractivity contribution is 0.0696. The van der Waals surface area contributed by atoms with Gasteiger partial charge in [-0.05, 0) is 67.8 Å². The fourth-order valence-electron chi connectivity index (χ4n) is 1.54. The van der Waals surface area contributed by atoms with Crippen LogP contribution < -0.4 is 4.74 Å². The van der Waals surface area contributed by atoms with Crippen molar-refractivity contribution in [2.45, 2.75) is 6.61 Å². The van der Waals surface area contributed by atoms with Crippen molar-refractivity contribution in [2.24, 2.45) is 0 Å². The van der Waals surface area contributed by atoms with Crippen molar-refractivity contribution in [1.29, 1.82) is 0 Å². The maximum atomic E-state index is 13.1. The summed E-state index contributed by atoms with van der Waals surface area (Å²) in [5.41, 5.74) is 0.973. The molecular weight excluding hydrogens is 395 g/mol. The van der Waals surface area contributed by atoms with Crippen LogP contribution in [0.25, 0.3) is 0 Å². The summed E-state index contributed by atoms with van der Waals surface area (Å²) in [7, 11) is 0. The van der Waals surface area contributed by atoms with Crippen LogP contribution in [-0.2, 0) is 6.61 Å². The normalized spacial score (nSPS) is 10.3. The van der Waals surface area contributed by atoms with E-state index in [1.807, 2.05) is 0 Å². The lowest BCUT2D eigenvalue weighted by Gasteiger charge is -2.09. The van der Waals surface area contributed by atoms with Gasteiger partial charge in [0.25, 0.3) is 0 Å². The van der Waals surface area contributed by atoms with Crippen molar-refractivity contribution >= 4 is 37.8 Å². The van der Waals surface area contributed by atoms with Gasteiger partial charge in [-0.1, -0.05) is 6.07 Å². The summed E-state index contributed by atoms with van der Waals surface area (Å²) in [5, 5.41) is 8.86. The van der Waals surface area contributed by atoms with Crippen molar-refractivity contribution in [1.82, 2.24) is 0 Å². The molecule has 0 aliphatic heterocycles. The monoisotopic (exact) mass is 402 g/mol. The van der Waals surface area contributed by atoms with Crippen LogP contribution in [0.15, 0.2) is 45.3 Å². The highest BCUT2D eigenvalue weighted by Crippen LogP contribution is 2.27. The van der Waals surface area contributed by atoms with Crippen LogP contribution in [0.5, 0.6) is 5.75 Å². The second kappa shape index (κ2) is 6.37. The van der Waals surface area contributed by atoms with Gasteiger partial charge in [-0.2, -0.15) is 0 Å². The summed E-state index contributed by atoms with van der Waals surface area (Å²) in [6.45, 7) is 0.254. The van der Waals surface area contributed by atoms with E-state index in [1.165, 1.54) is 18.2 Å². The molecule has 0 saturated heterocycles. The molecule has 0 fully saturated rings. The van der Waals surface area contributed by atoms with Gasteiger partial charge in [-0.3, -0.25) is 0 Å². The number of carboxylic acid groups (broad SMARTS) is 1. The lowest BCUT2D eigenvalue weighted by atomic mass is 10.2. The quantitative estimate of drug-likeness (QED) is 0.809. The van der Waals surface area contributed by atoms with E-state index in [4.69, 9.17) is 9.84 Å². The number of ether oxygens (including phenoxy) is 1. The van der Waals surface area contributed by atoms with Crippen LogP contribution in [0, 0.1) is 5.82 Å². The van der Waals surface area contributed by atoms with Gasteiger partial charge in [0.1, 0.15) is 18.2 Å². The summed E-state index contributed by atoms with van der Waals surface area (Å²) in [6.07, 6.45) is 0. The predicted molar refractivity (Wildman–Crippen MR) is 79.5 cm³/mol. The summed E-state index contributed by atoms with van der Waals surface area (Å²) in [5.74, 6) is -0.809. The second-order valence-electron chi connectivity index (χ2n) is 3.99. The van der Waals surface area contributed by atoms with Crippen molar-refractivity contribution < 1.29 is 19.0 Å². The first-order chi connectivity index (χ1) is 9.47. The van der Waals surface area contributed by atoms with E-state index < -0.39 is 5.97 Å². The Morgan fingerprint density at radius 2 is 1.90 bits per heavy atom. The molecule has 0 amide bonds. The first-order valence-corrected chi connectivity index (χ1v) is 7.15. The van der Waals surface area contributed by atoms with Crippen LogP contribution in [0.4, 0.5) is 4.39 Å². The minimum atomic E-state index is -1.00. The molecule has 0 heterocycles. The van der Waals surface area contributed by atoms with E-state index in [2.05, 4.69) is 31.9 Å². The number of carbonyl (C=O) groups is 1. The van der Waals surface area contributed by atoms with Crippen molar-refractivity contribution in [2.75, 3.05) is 0 Å². The smallest absolute Gasteiger partial charge is 0.335 e. The molecule has 0 aliphatic rings. The minimum Gasteiger partial charge on any atom is -0.488 e. The number of hydrogen-bond acceptors (Lipinski definition) is 2. The fraction of sp³-hybridized carbons (Fsp3) is 0.0714. The average Bonchev–Trinajstić information content (AvgIpc) is 2.41. The highest BCUT2D eigenvalue weighted by Gasteiger charge is 2.08. The standard InChI is InChI=1S/C14H9Br2FO3/c15-10-5-8(1-3-12(10)17)7-20-13-4-2-9(14(18)19)6-11(13)16/h1-6H,7H2,(H,18,19). The van der Waals surface area contributed by atoms with E-state index in [0.29, 0.717) is 14.7 Å². The topological polar surface area (TPSA) is 46.5 Å². The SMILES string of the molecule is O=C(O)c1ccc(OCc2ccc(F)c(Br)c2)c(Br)c1. The zero-order valence-corrected chi connectivity index (χ0v) is 13.2. The maximum absolute atomic E-state index is 13.1. The molecule has 0 aromatic heterocycles. The molecule has 3 nitrogen and oxygen atoms in total. The van der Waals surface area contributed by atoms with Crippen molar-refractivity contribution in [3.63, 3.8) is 0 Å². The first kappa shape index (κ1) is 15.0. The summed E-state index contributed by atoms with van der Waals surface area (Å²) >= 11 is 6.36. The van der Waals surface area contributed by atoms with Gasteiger partial charge < -0.3 is 9.84 Å². The van der Waals surface area contributed by atoms with Gasteiger partial charge >= 0.3 is 5.97 Å². The van der Waals surface area contributed by atoms with Gasteiger partial charge in [0.05, 0.1) is 14.5 Å². The van der Waals surface area contributed by atoms with Gasteiger partial charge in [0.2, 0.25) is 0 Å². The van der Waals surface area contributed by atoms with Gasteiger partial charge in [-0.25, -0.2) is 9.18 Å². The highest BCUT2D eigenvalue weighted by molar-refractivity contribution is 9.10. The van der Waals surface area contributed by atoms with Crippen LogP contribution in [0.1, 0.15) is 15.9 Å². The molecule has 104 valence electrons. The zero-order chi connectivity index (χ0) is 14.7.